The number of aryl methyl sites for hydroxylation is 1. The second-order valence-electron chi connectivity index (χ2n) is 4.36. The number of hydrogen-bond donors (Lipinski definition) is 1. The van der Waals surface area contributed by atoms with Crippen molar-refractivity contribution in [3.05, 3.63) is 21.9 Å². The molecule has 0 amide bonds. The third-order valence-electron chi connectivity index (χ3n) is 3.30. The van der Waals surface area contributed by atoms with Gasteiger partial charge in [-0.1, -0.05) is 19.3 Å². The molecule has 0 spiro atoms. The Morgan fingerprint density at radius 2 is 2.36 bits per heavy atom. The third-order valence-corrected chi connectivity index (χ3v) is 4.18. The van der Waals surface area contributed by atoms with Crippen molar-refractivity contribution in [1.29, 1.82) is 0 Å². The first-order chi connectivity index (χ1) is 6.79. The van der Waals surface area contributed by atoms with Crippen LogP contribution in [0.1, 0.15) is 42.2 Å². The lowest BCUT2D eigenvalue weighted by Crippen LogP contribution is -2.22. The Balaban J connectivity index is 1.97. The first-order valence-electron chi connectivity index (χ1n) is 5.52. The summed E-state index contributed by atoms with van der Waals surface area (Å²) in [6, 6.07) is 2.91. The van der Waals surface area contributed by atoms with Gasteiger partial charge >= 0.3 is 0 Å². The van der Waals surface area contributed by atoms with Gasteiger partial charge in [0, 0.05) is 10.9 Å². The van der Waals surface area contributed by atoms with Gasteiger partial charge in [0.15, 0.2) is 0 Å². The van der Waals surface area contributed by atoms with Crippen molar-refractivity contribution in [3.63, 3.8) is 0 Å². The Kier molecular flexibility index (Phi) is 3.24. The molecule has 1 saturated carbocycles. The van der Waals surface area contributed by atoms with E-state index in [1.54, 1.807) is 0 Å². The lowest BCUT2D eigenvalue weighted by molar-refractivity contribution is 0.266. The molecule has 1 fully saturated rings. The van der Waals surface area contributed by atoms with Crippen LogP contribution in [0.2, 0.25) is 0 Å². The van der Waals surface area contributed by atoms with E-state index in [4.69, 9.17) is 0 Å². The van der Waals surface area contributed by atoms with Crippen LogP contribution in [0.5, 0.6) is 0 Å². The molecule has 1 aliphatic rings. The van der Waals surface area contributed by atoms with Crippen LogP contribution in [-0.4, -0.2) is 7.05 Å². The monoisotopic (exact) mass is 209 g/mol. The molecule has 14 heavy (non-hydrogen) atoms. The van der Waals surface area contributed by atoms with Crippen molar-refractivity contribution >= 4 is 11.3 Å². The topological polar surface area (TPSA) is 12.0 Å². The third kappa shape index (κ3) is 2.18. The Hall–Kier alpha value is -0.340. The van der Waals surface area contributed by atoms with Crippen LogP contribution in [-0.2, 0) is 0 Å². The first-order valence-corrected chi connectivity index (χ1v) is 6.40. The number of hydrogen-bond acceptors (Lipinski definition) is 2. The van der Waals surface area contributed by atoms with Crippen molar-refractivity contribution in [3.8, 4) is 0 Å². The number of rotatable bonds is 4. The molecule has 1 unspecified atom stereocenters. The molecule has 1 nitrogen and oxygen atoms in total. The van der Waals surface area contributed by atoms with Crippen LogP contribution in [0.25, 0.3) is 0 Å². The summed E-state index contributed by atoms with van der Waals surface area (Å²) < 4.78 is 0. The summed E-state index contributed by atoms with van der Waals surface area (Å²) in [7, 11) is 2.08. The highest BCUT2D eigenvalue weighted by atomic mass is 32.1. The number of thiophene rings is 1. The van der Waals surface area contributed by atoms with E-state index < -0.39 is 0 Å². The Morgan fingerprint density at radius 3 is 2.79 bits per heavy atom. The minimum atomic E-state index is 0.588. The van der Waals surface area contributed by atoms with Crippen molar-refractivity contribution < 1.29 is 0 Å². The van der Waals surface area contributed by atoms with E-state index in [1.807, 2.05) is 11.3 Å². The van der Waals surface area contributed by atoms with Gasteiger partial charge in [-0.05, 0) is 43.3 Å². The van der Waals surface area contributed by atoms with E-state index >= 15 is 0 Å². The Bertz CT molecular complexity index is 288. The summed E-state index contributed by atoms with van der Waals surface area (Å²) in [4.78, 5) is 1.42. The molecule has 0 bridgehead atoms. The lowest BCUT2D eigenvalue weighted by atomic mass is 9.80. The van der Waals surface area contributed by atoms with Gasteiger partial charge in [0.2, 0.25) is 0 Å². The SMILES string of the molecule is CNC(CC1CCC1)c1csc(C)c1. The zero-order valence-electron chi connectivity index (χ0n) is 9.05. The van der Waals surface area contributed by atoms with Crippen molar-refractivity contribution in [1.82, 2.24) is 5.32 Å². The fraction of sp³-hybridized carbons (Fsp3) is 0.667. The largest absolute Gasteiger partial charge is 0.313 e. The average Bonchev–Trinajstić information content (AvgIpc) is 2.50. The molecule has 0 radical (unpaired) electrons. The summed E-state index contributed by atoms with van der Waals surface area (Å²) >= 11 is 1.86. The summed E-state index contributed by atoms with van der Waals surface area (Å²) in [6.45, 7) is 2.18. The summed E-state index contributed by atoms with van der Waals surface area (Å²) in [6.07, 6.45) is 5.67. The second kappa shape index (κ2) is 4.45. The van der Waals surface area contributed by atoms with E-state index in [0.29, 0.717) is 6.04 Å². The van der Waals surface area contributed by atoms with Gasteiger partial charge in [0.05, 0.1) is 0 Å². The first kappa shape index (κ1) is 10.2. The highest BCUT2D eigenvalue weighted by Crippen LogP contribution is 2.35. The maximum Gasteiger partial charge on any atom is 0.0328 e. The van der Waals surface area contributed by atoms with E-state index in [0.717, 1.165) is 5.92 Å². The molecule has 2 heteroatoms. The molecule has 0 saturated heterocycles. The molecule has 78 valence electrons. The molecular weight excluding hydrogens is 190 g/mol. The molecule has 1 heterocycles. The minimum Gasteiger partial charge on any atom is -0.313 e. The van der Waals surface area contributed by atoms with Crippen LogP contribution in [0.15, 0.2) is 11.4 Å². The Morgan fingerprint density at radius 1 is 1.57 bits per heavy atom. The summed E-state index contributed by atoms with van der Waals surface area (Å²) in [5.74, 6) is 0.979. The summed E-state index contributed by atoms with van der Waals surface area (Å²) in [5, 5.41) is 5.74. The van der Waals surface area contributed by atoms with Gasteiger partial charge < -0.3 is 5.32 Å². The van der Waals surface area contributed by atoms with Gasteiger partial charge in [-0.15, -0.1) is 11.3 Å². The van der Waals surface area contributed by atoms with Gasteiger partial charge in [-0.3, -0.25) is 0 Å². The molecule has 1 N–H and O–H groups in total. The normalized spacial score (nSPS) is 19.3. The zero-order chi connectivity index (χ0) is 9.97. The standard InChI is InChI=1S/C12H19NS/c1-9-6-11(8-14-9)12(13-2)7-10-4-3-5-10/h6,8,10,12-13H,3-5,7H2,1-2H3. The zero-order valence-corrected chi connectivity index (χ0v) is 9.86. The molecular formula is C12H19NS. The molecule has 0 aromatic carbocycles. The number of nitrogens with one attached hydrogen (secondary N) is 1. The van der Waals surface area contributed by atoms with E-state index in [-0.39, 0.29) is 0 Å². The maximum atomic E-state index is 3.44. The highest BCUT2D eigenvalue weighted by molar-refractivity contribution is 7.10. The molecule has 0 aliphatic heterocycles. The highest BCUT2D eigenvalue weighted by Gasteiger charge is 2.22. The molecule has 1 aliphatic carbocycles. The minimum absolute atomic E-state index is 0.588. The summed E-state index contributed by atoms with van der Waals surface area (Å²) in [5.41, 5.74) is 1.49. The average molecular weight is 209 g/mol. The van der Waals surface area contributed by atoms with Crippen LogP contribution < -0.4 is 5.32 Å². The Labute approximate surface area is 90.5 Å². The molecule has 1 aromatic rings. The van der Waals surface area contributed by atoms with Crippen molar-refractivity contribution in [2.45, 2.75) is 38.6 Å². The van der Waals surface area contributed by atoms with Gasteiger partial charge in [-0.2, -0.15) is 0 Å². The predicted octanol–water partition coefficient (Wildman–Crippen LogP) is 3.51. The smallest absolute Gasteiger partial charge is 0.0328 e. The van der Waals surface area contributed by atoms with Crippen LogP contribution >= 0.6 is 11.3 Å². The lowest BCUT2D eigenvalue weighted by Gasteiger charge is -2.29. The van der Waals surface area contributed by atoms with Gasteiger partial charge in [-0.25, -0.2) is 0 Å². The quantitative estimate of drug-likeness (QED) is 0.800. The molecule has 1 aromatic heterocycles. The van der Waals surface area contributed by atoms with E-state index in [1.165, 1.54) is 36.1 Å². The van der Waals surface area contributed by atoms with Crippen LogP contribution in [0.4, 0.5) is 0 Å². The maximum absolute atomic E-state index is 3.44. The fourth-order valence-corrected chi connectivity index (χ4v) is 2.89. The second-order valence-corrected chi connectivity index (χ2v) is 5.48. The van der Waals surface area contributed by atoms with Crippen LogP contribution in [0, 0.1) is 12.8 Å². The van der Waals surface area contributed by atoms with Crippen molar-refractivity contribution in [2.24, 2.45) is 5.92 Å². The van der Waals surface area contributed by atoms with E-state index in [2.05, 4.69) is 30.7 Å². The predicted molar refractivity (Wildman–Crippen MR) is 62.8 cm³/mol. The van der Waals surface area contributed by atoms with Crippen molar-refractivity contribution in [2.75, 3.05) is 7.05 Å². The van der Waals surface area contributed by atoms with E-state index in [9.17, 15) is 0 Å². The van der Waals surface area contributed by atoms with Gasteiger partial charge in [0.1, 0.15) is 0 Å². The molecule has 2 rings (SSSR count). The van der Waals surface area contributed by atoms with Gasteiger partial charge in [0.25, 0.3) is 0 Å². The van der Waals surface area contributed by atoms with Crippen LogP contribution in [0.3, 0.4) is 0 Å². The molecule has 1 atom stereocenters. The fourth-order valence-electron chi connectivity index (χ4n) is 2.13.